The van der Waals surface area contributed by atoms with Gasteiger partial charge in [-0.05, 0) is 34.1 Å². The number of rotatable bonds is 3. The SMILES string of the molecule is CC(=O)c1c(O)c(C)c(O)c2c1OC1=CC(=O)/C(=C(/C)N[C@H]3CCS(=O)(=O)C3)C(=O)[C@@]12C. The van der Waals surface area contributed by atoms with Gasteiger partial charge in [0.05, 0.1) is 22.6 Å². The minimum atomic E-state index is -3.17. The molecule has 1 saturated heterocycles. The highest BCUT2D eigenvalue weighted by Gasteiger charge is 2.56. The van der Waals surface area contributed by atoms with Crippen molar-refractivity contribution in [3.05, 3.63) is 39.8 Å². The number of aromatic hydroxyl groups is 2. The lowest BCUT2D eigenvalue weighted by atomic mass is 9.70. The maximum atomic E-state index is 13.7. The van der Waals surface area contributed by atoms with E-state index in [-0.39, 0.29) is 51.0 Å². The first kappa shape index (κ1) is 22.1. The van der Waals surface area contributed by atoms with Crippen molar-refractivity contribution in [3.63, 3.8) is 0 Å². The van der Waals surface area contributed by atoms with Crippen LogP contribution in [0.5, 0.6) is 17.2 Å². The number of phenols is 2. The molecule has 0 bridgehead atoms. The van der Waals surface area contributed by atoms with E-state index in [4.69, 9.17) is 4.74 Å². The zero-order valence-corrected chi connectivity index (χ0v) is 18.8. The molecule has 0 unspecified atom stereocenters. The number of Topliss-reactive ketones (excluding diaryl/α,β-unsaturated/α-hetero) is 2. The molecule has 2 atom stereocenters. The number of carbonyl (C=O) groups excluding carboxylic acids is 3. The molecule has 3 aliphatic rings. The van der Waals surface area contributed by atoms with Crippen molar-refractivity contribution in [3.8, 4) is 17.2 Å². The summed E-state index contributed by atoms with van der Waals surface area (Å²) in [6, 6.07) is -0.421. The van der Waals surface area contributed by atoms with Gasteiger partial charge in [0.1, 0.15) is 34.0 Å². The van der Waals surface area contributed by atoms with E-state index in [0.717, 1.165) is 6.08 Å². The molecule has 1 aromatic rings. The lowest BCUT2D eigenvalue weighted by Gasteiger charge is -2.29. The van der Waals surface area contributed by atoms with Crippen molar-refractivity contribution in [1.29, 1.82) is 0 Å². The smallest absolute Gasteiger partial charge is 0.194 e. The Bertz CT molecular complexity index is 1290. The third-order valence-corrected chi connectivity index (χ3v) is 8.18. The van der Waals surface area contributed by atoms with Crippen molar-refractivity contribution >= 4 is 27.2 Å². The fourth-order valence-electron chi connectivity index (χ4n) is 4.65. The van der Waals surface area contributed by atoms with Gasteiger partial charge in [-0.3, -0.25) is 14.4 Å². The van der Waals surface area contributed by atoms with Gasteiger partial charge in [-0.1, -0.05) is 0 Å². The van der Waals surface area contributed by atoms with Crippen LogP contribution < -0.4 is 10.1 Å². The maximum absolute atomic E-state index is 13.7. The Morgan fingerprint density at radius 3 is 2.44 bits per heavy atom. The second-order valence-corrected chi connectivity index (χ2v) is 10.9. The highest BCUT2D eigenvalue weighted by atomic mass is 32.2. The molecule has 1 aliphatic carbocycles. The Hall–Kier alpha value is -3.14. The topological polar surface area (TPSA) is 147 Å². The third kappa shape index (κ3) is 2.96. The number of ketones is 3. The second kappa shape index (κ2) is 6.93. The van der Waals surface area contributed by atoms with Crippen LogP contribution in [0.25, 0.3) is 0 Å². The van der Waals surface area contributed by atoms with Gasteiger partial charge in [-0.25, -0.2) is 8.42 Å². The molecule has 1 fully saturated rings. The maximum Gasteiger partial charge on any atom is 0.194 e. The van der Waals surface area contributed by atoms with Crippen molar-refractivity contribution in [1.82, 2.24) is 5.32 Å². The summed E-state index contributed by atoms with van der Waals surface area (Å²) in [4.78, 5) is 38.7. The number of carbonyl (C=O) groups is 3. The highest BCUT2D eigenvalue weighted by Crippen LogP contribution is 2.57. The van der Waals surface area contributed by atoms with E-state index in [1.807, 2.05) is 0 Å². The van der Waals surface area contributed by atoms with Crippen molar-refractivity contribution < 1.29 is 37.8 Å². The van der Waals surface area contributed by atoms with Crippen LogP contribution in [0.2, 0.25) is 0 Å². The second-order valence-electron chi connectivity index (χ2n) is 8.63. The Kier molecular flexibility index (Phi) is 4.78. The molecular weight excluding hydrogens is 438 g/mol. The van der Waals surface area contributed by atoms with Crippen LogP contribution in [-0.4, -0.2) is 53.5 Å². The van der Waals surface area contributed by atoms with E-state index < -0.39 is 50.1 Å². The molecule has 2 aliphatic heterocycles. The van der Waals surface area contributed by atoms with Gasteiger partial charge in [0.2, 0.25) is 0 Å². The molecule has 0 aromatic heterocycles. The van der Waals surface area contributed by atoms with Crippen molar-refractivity contribution in [2.75, 3.05) is 11.5 Å². The number of fused-ring (bicyclic) bond motifs is 3. The quantitative estimate of drug-likeness (QED) is 0.345. The van der Waals surface area contributed by atoms with E-state index in [9.17, 15) is 33.0 Å². The normalized spacial score (nSPS) is 27.4. The summed E-state index contributed by atoms with van der Waals surface area (Å²) in [5.74, 6) is -2.93. The first-order valence-electron chi connectivity index (χ1n) is 10.1. The number of phenolic OH excluding ortho intramolecular Hbond substituents is 2. The Balaban J connectivity index is 1.87. The number of sulfone groups is 1. The summed E-state index contributed by atoms with van der Waals surface area (Å²) < 4.78 is 29.2. The van der Waals surface area contributed by atoms with Crippen LogP contribution in [0.1, 0.15) is 48.7 Å². The number of ether oxygens (including phenoxy) is 1. The highest BCUT2D eigenvalue weighted by molar-refractivity contribution is 7.91. The predicted molar refractivity (Wildman–Crippen MR) is 113 cm³/mol. The van der Waals surface area contributed by atoms with Gasteiger partial charge in [0.25, 0.3) is 0 Å². The molecule has 0 radical (unpaired) electrons. The first-order valence-corrected chi connectivity index (χ1v) is 11.9. The molecule has 9 nitrogen and oxygen atoms in total. The van der Waals surface area contributed by atoms with Crippen LogP contribution in [0.15, 0.2) is 23.1 Å². The summed E-state index contributed by atoms with van der Waals surface area (Å²) in [6.45, 7) is 5.63. The average molecular weight is 461 g/mol. The number of benzene rings is 1. The number of hydrogen-bond acceptors (Lipinski definition) is 9. The van der Waals surface area contributed by atoms with Gasteiger partial charge >= 0.3 is 0 Å². The fraction of sp³-hybridized carbons (Fsp3) is 0.409. The summed E-state index contributed by atoms with van der Waals surface area (Å²) in [5, 5.41) is 24.2. The fourth-order valence-corrected chi connectivity index (χ4v) is 6.32. The zero-order valence-electron chi connectivity index (χ0n) is 18.0. The minimum absolute atomic E-state index is 0.00972. The molecule has 32 heavy (non-hydrogen) atoms. The van der Waals surface area contributed by atoms with Gasteiger partial charge in [0.15, 0.2) is 27.2 Å². The van der Waals surface area contributed by atoms with Crippen molar-refractivity contribution in [2.24, 2.45) is 0 Å². The van der Waals surface area contributed by atoms with Crippen molar-refractivity contribution in [2.45, 2.75) is 45.6 Å². The molecule has 0 amide bonds. The molecule has 170 valence electrons. The Morgan fingerprint density at radius 2 is 1.88 bits per heavy atom. The number of hydrogen-bond donors (Lipinski definition) is 3. The van der Waals surface area contributed by atoms with E-state index in [2.05, 4.69) is 5.32 Å². The van der Waals surface area contributed by atoms with E-state index in [1.54, 1.807) is 0 Å². The minimum Gasteiger partial charge on any atom is -0.507 e. The summed E-state index contributed by atoms with van der Waals surface area (Å²) in [7, 11) is -3.17. The van der Waals surface area contributed by atoms with E-state index >= 15 is 0 Å². The third-order valence-electron chi connectivity index (χ3n) is 6.41. The van der Waals surface area contributed by atoms with Crippen LogP contribution in [0.4, 0.5) is 0 Å². The van der Waals surface area contributed by atoms with Gasteiger partial charge in [-0.15, -0.1) is 0 Å². The van der Waals surface area contributed by atoms with E-state index in [0.29, 0.717) is 6.42 Å². The van der Waals surface area contributed by atoms with Crippen LogP contribution in [0.3, 0.4) is 0 Å². The van der Waals surface area contributed by atoms with Crippen LogP contribution in [0, 0.1) is 6.92 Å². The molecule has 1 aromatic carbocycles. The van der Waals surface area contributed by atoms with Crippen LogP contribution >= 0.6 is 0 Å². The lowest BCUT2D eigenvalue weighted by Crippen LogP contribution is -2.42. The molecule has 2 heterocycles. The molecule has 4 rings (SSSR count). The Morgan fingerprint density at radius 1 is 1.22 bits per heavy atom. The number of allylic oxidation sites excluding steroid dienone is 4. The molecule has 10 heteroatoms. The lowest BCUT2D eigenvalue weighted by molar-refractivity contribution is -0.123. The summed E-state index contributed by atoms with van der Waals surface area (Å²) in [6.07, 6.45) is 1.49. The average Bonchev–Trinajstić information content (AvgIpc) is 3.16. The largest absolute Gasteiger partial charge is 0.507 e. The summed E-state index contributed by atoms with van der Waals surface area (Å²) >= 11 is 0. The van der Waals surface area contributed by atoms with Gasteiger partial charge in [-0.2, -0.15) is 0 Å². The van der Waals surface area contributed by atoms with Crippen LogP contribution in [-0.2, 0) is 24.8 Å². The standard InChI is InChI=1S/C22H23NO8S/c1-9-18(26)16(11(3)24)20-17(19(9)27)22(4)14(31-20)7-13(25)15(21(22)28)10(2)23-12-5-6-32(29,30)8-12/h7,12,23,26-27H,5-6,8H2,1-4H3/b15-10+/t12-,22-/m0/s1. The monoisotopic (exact) mass is 461 g/mol. The molecule has 3 N–H and O–H groups in total. The first-order chi connectivity index (χ1) is 14.8. The molecule has 0 spiro atoms. The van der Waals surface area contributed by atoms with Gasteiger partial charge < -0.3 is 20.3 Å². The molecule has 0 saturated carbocycles. The predicted octanol–water partition coefficient (Wildman–Crippen LogP) is 1.35. The Labute approximate surface area is 184 Å². The van der Waals surface area contributed by atoms with E-state index in [1.165, 1.54) is 27.7 Å². The zero-order chi connectivity index (χ0) is 23.7. The summed E-state index contributed by atoms with van der Waals surface area (Å²) in [5.41, 5.74) is -1.70. The van der Waals surface area contributed by atoms with Gasteiger partial charge in [0, 0.05) is 23.4 Å². The number of nitrogens with one attached hydrogen (secondary N) is 1. The molecular formula is C22H23NO8S.